The fourth-order valence-electron chi connectivity index (χ4n) is 4.65. The van der Waals surface area contributed by atoms with Crippen molar-refractivity contribution in [2.24, 2.45) is 0 Å². The van der Waals surface area contributed by atoms with Gasteiger partial charge in [0.2, 0.25) is 17.6 Å². The summed E-state index contributed by atoms with van der Waals surface area (Å²) < 4.78 is 5.21. The van der Waals surface area contributed by atoms with Crippen molar-refractivity contribution < 1.29 is 28.7 Å². The van der Waals surface area contributed by atoms with Gasteiger partial charge in [0.15, 0.2) is 0 Å². The van der Waals surface area contributed by atoms with Crippen molar-refractivity contribution in [3.8, 4) is 0 Å². The Morgan fingerprint density at radius 2 is 1.34 bits per heavy atom. The molecule has 11 nitrogen and oxygen atoms in total. The van der Waals surface area contributed by atoms with Crippen LogP contribution in [0.2, 0.25) is 0 Å². The SMILES string of the molecule is CNC(=O)C(=O)[C@H](Cc1ccccc1)NC(=O)[C@H](Cc1c[nH]c2ccccc12)NC(=O)[C@H](C)NC(=O)OCc1ccccc1. The number of para-hydroxylation sites is 1. The molecule has 3 aromatic carbocycles. The average molecular weight is 598 g/mol. The first kappa shape index (κ1) is 31.5. The van der Waals surface area contributed by atoms with E-state index in [-0.39, 0.29) is 19.4 Å². The zero-order chi connectivity index (χ0) is 31.5. The highest BCUT2D eigenvalue weighted by Gasteiger charge is 2.31. The van der Waals surface area contributed by atoms with Gasteiger partial charge in [0.1, 0.15) is 24.7 Å². The van der Waals surface area contributed by atoms with E-state index in [1.165, 1.54) is 14.0 Å². The summed E-state index contributed by atoms with van der Waals surface area (Å²) in [7, 11) is 1.33. The summed E-state index contributed by atoms with van der Waals surface area (Å²) in [6, 6.07) is 22.2. The Hall–Kier alpha value is -5.45. The molecule has 0 fully saturated rings. The molecular formula is C33H35N5O6. The lowest BCUT2D eigenvalue weighted by Crippen LogP contribution is -2.57. The van der Waals surface area contributed by atoms with Crippen molar-refractivity contribution >= 4 is 40.5 Å². The molecule has 5 N–H and O–H groups in total. The molecule has 3 atom stereocenters. The third-order valence-electron chi connectivity index (χ3n) is 7.04. The second-order valence-electron chi connectivity index (χ2n) is 10.2. The van der Waals surface area contributed by atoms with Crippen LogP contribution in [0, 0.1) is 0 Å². The maximum absolute atomic E-state index is 13.7. The molecule has 0 unspecified atom stereocenters. The highest BCUT2D eigenvalue weighted by Crippen LogP contribution is 2.19. The molecule has 4 rings (SSSR count). The molecule has 0 saturated heterocycles. The molecule has 11 heteroatoms. The van der Waals surface area contributed by atoms with Crippen molar-refractivity contribution in [3.63, 3.8) is 0 Å². The van der Waals surface area contributed by atoms with Gasteiger partial charge in [-0.15, -0.1) is 0 Å². The molecule has 0 saturated carbocycles. The number of Topliss-reactive ketones (excluding diaryl/α,β-unsaturated/α-hetero) is 1. The van der Waals surface area contributed by atoms with Gasteiger partial charge in [-0.1, -0.05) is 78.9 Å². The van der Waals surface area contributed by atoms with Crippen LogP contribution in [0.3, 0.4) is 0 Å². The Morgan fingerprint density at radius 1 is 0.727 bits per heavy atom. The van der Waals surface area contributed by atoms with Gasteiger partial charge >= 0.3 is 6.09 Å². The zero-order valence-electron chi connectivity index (χ0n) is 24.5. The highest BCUT2D eigenvalue weighted by molar-refractivity contribution is 6.38. The van der Waals surface area contributed by atoms with E-state index in [2.05, 4.69) is 26.3 Å². The minimum Gasteiger partial charge on any atom is -0.445 e. The molecule has 44 heavy (non-hydrogen) atoms. The molecule has 0 aliphatic carbocycles. The number of ketones is 1. The number of hydrogen-bond acceptors (Lipinski definition) is 6. The van der Waals surface area contributed by atoms with Crippen LogP contribution in [0.15, 0.2) is 91.1 Å². The largest absolute Gasteiger partial charge is 0.445 e. The molecule has 0 aliphatic rings. The number of nitrogens with one attached hydrogen (secondary N) is 5. The first-order chi connectivity index (χ1) is 21.2. The van der Waals surface area contributed by atoms with Crippen LogP contribution in [-0.2, 0) is 43.4 Å². The summed E-state index contributed by atoms with van der Waals surface area (Å²) in [6.07, 6.45) is 1.08. The predicted molar refractivity (Wildman–Crippen MR) is 164 cm³/mol. The van der Waals surface area contributed by atoms with E-state index in [0.717, 1.165) is 27.6 Å². The van der Waals surface area contributed by atoms with E-state index in [1.807, 2.05) is 48.5 Å². The number of carbonyl (C=O) groups excluding carboxylic acids is 5. The van der Waals surface area contributed by atoms with E-state index in [1.54, 1.807) is 42.6 Å². The molecule has 1 aromatic heterocycles. The highest BCUT2D eigenvalue weighted by atomic mass is 16.5. The van der Waals surface area contributed by atoms with E-state index in [9.17, 15) is 24.0 Å². The number of rotatable bonds is 13. The number of likely N-dealkylation sites (N-methyl/N-ethyl adjacent to an activating group) is 1. The van der Waals surface area contributed by atoms with Crippen molar-refractivity contribution in [3.05, 3.63) is 108 Å². The van der Waals surface area contributed by atoms with E-state index in [0.29, 0.717) is 0 Å². The summed E-state index contributed by atoms with van der Waals surface area (Å²) in [4.78, 5) is 67.7. The van der Waals surface area contributed by atoms with Crippen LogP contribution in [0.5, 0.6) is 0 Å². The van der Waals surface area contributed by atoms with Gasteiger partial charge in [-0.2, -0.15) is 0 Å². The second-order valence-corrected chi connectivity index (χ2v) is 10.2. The van der Waals surface area contributed by atoms with E-state index < -0.39 is 47.7 Å². The Bertz CT molecular complexity index is 1600. The number of H-pyrrole nitrogens is 1. The fraction of sp³-hybridized carbons (Fsp3) is 0.242. The van der Waals surface area contributed by atoms with Gasteiger partial charge in [0.25, 0.3) is 5.91 Å². The van der Waals surface area contributed by atoms with Gasteiger partial charge in [-0.05, 0) is 29.7 Å². The normalized spacial score (nSPS) is 12.8. The summed E-state index contributed by atoms with van der Waals surface area (Å²) >= 11 is 0. The quantitative estimate of drug-likeness (QED) is 0.149. The lowest BCUT2D eigenvalue weighted by molar-refractivity contribution is -0.140. The van der Waals surface area contributed by atoms with Crippen molar-refractivity contribution in [1.82, 2.24) is 26.3 Å². The monoisotopic (exact) mass is 597 g/mol. The number of ether oxygens (including phenoxy) is 1. The molecule has 0 spiro atoms. The average Bonchev–Trinajstić information content (AvgIpc) is 3.45. The number of hydrogen-bond donors (Lipinski definition) is 5. The Labute approximate surface area is 254 Å². The summed E-state index contributed by atoms with van der Waals surface area (Å²) in [5.41, 5.74) is 3.12. The zero-order valence-corrected chi connectivity index (χ0v) is 24.5. The Morgan fingerprint density at radius 3 is 2.02 bits per heavy atom. The van der Waals surface area contributed by atoms with Crippen molar-refractivity contribution in [1.29, 1.82) is 0 Å². The van der Waals surface area contributed by atoms with Gasteiger partial charge < -0.3 is 31.0 Å². The molecule has 1 heterocycles. The number of fused-ring (bicyclic) bond motifs is 1. The molecule has 228 valence electrons. The first-order valence-electron chi connectivity index (χ1n) is 14.2. The van der Waals surface area contributed by atoms with Crippen LogP contribution >= 0.6 is 0 Å². The number of benzene rings is 3. The topological polar surface area (TPSA) is 158 Å². The molecule has 0 radical (unpaired) electrons. The van der Waals surface area contributed by atoms with Crippen molar-refractivity contribution in [2.45, 2.75) is 44.5 Å². The second kappa shape index (κ2) is 15.1. The standard InChI is InChI=1S/C33H35N5O6/c1-21(36-33(43)44-20-23-13-7-4-8-14-23)30(40)38-28(18-24-19-35-26-16-10-9-15-25(24)26)31(41)37-27(29(39)32(42)34-2)17-22-11-5-3-6-12-22/h3-16,19,21,27-28,35H,17-18,20H2,1-2H3,(H,34,42)(H,36,43)(H,37,41)(H,38,40)/t21-,27-,28-/m0/s1. The fourth-order valence-corrected chi connectivity index (χ4v) is 4.65. The Kier molecular flexibility index (Phi) is 10.8. The lowest BCUT2D eigenvalue weighted by Gasteiger charge is -2.24. The van der Waals surface area contributed by atoms with Crippen molar-refractivity contribution in [2.75, 3.05) is 7.05 Å². The molecule has 4 amide bonds. The number of aromatic nitrogens is 1. The third kappa shape index (κ3) is 8.54. The van der Waals surface area contributed by atoms with Crippen LogP contribution in [0.1, 0.15) is 23.6 Å². The first-order valence-corrected chi connectivity index (χ1v) is 14.2. The smallest absolute Gasteiger partial charge is 0.408 e. The van der Waals surface area contributed by atoms with E-state index in [4.69, 9.17) is 4.74 Å². The summed E-state index contributed by atoms with van der Waals surface area (Å²) in [6.45, 7) is 1.49. The van der Waals surface area contributed by atoms with Crippen LogP contribution in [0.4, 0.5) is 4.79 Å². The van der Waals surface area contributed by atoms with Gasteiger partial charge in [0.05, 0.1) is 0 Å². The molecule has 0 bridgehead atoms. The minimum atomic E-state index is -1.18. The Balaban J connectivity index is 1.50. The number of aromatic amines is 1. The van der Waals surface area contributed by atoms with Gasteiger partial charge in [-0.25, -0.2) is 4.79 Å². The molecule has 0 aliphatic heterocycles. The summed E-state index contributed by atoms with van der Waals surface area (Å²) in [5.74, 6) is -2.98. The maximum Gasteiger partial charge on any atom is 0.408 e. The minimum absolute atomic E-state index is 0.0226. The molecule has 4 aromatic rings. The van der Waals surface area contributed by atoms with Crippen LogP contribution in [-0.4, -0.2) is 59.8 Å². The summed E-state index contributed by atoms with van der Waals surface area (Å²) in [5, 5.41) is 11.0. The van der Waals surface area contributed by atoms with Gasteiger partial charge in [0, 0.05) is 37.0 Å². The third-order valence-corrected chi connectivity index (χ3v) is 7.04. The number of amides is 4. The van der Waals surface area contributed by atoms with E-state index >= 15 is 0 Å². The molecular weight excluding hydrogens is 562 g/mol. The number of carbonyl (C=O) groups is 5. The predicted octanol–water partition coefficient (Wildman–Crippen LogP) is 2.55. The van der Waals surface area contributed by atoms with Gasteiger partial charge in [-0.3, -0.25) is 19.2 Å². The number of alkyl carbamates (subject to hydrolysis) is 1. The maximum atomic E-state index is 13.7. The lowest BCUT2D eigenvalue weighted by atomic mass is 9.99. The van der Waals surface area contributed by atoms with Crippen LogP contribution < -0.4 is 21.3 Å². The van der Waals surface area contributed by atoms with Crippen LogP contribution in [0.25, 0.3) is 10.9 Å².